The van der Waals surface area contributed by atoms with E-state index >= 15 is 0 Å². The molecular formula is C18H31NO. The number of hydrogen-bond acceptors (Lipinski definition) is 2. The molecule has 0 fully saturated rings. The zero-order valence-corrected chi connectivity index (χ0v) is 14.0. The minimum absolute atomic E-state index is 0.208. The smallest absolute Gasteiger partial charge is 0.0665 e. The second kappa shape index (κ2) is 7.80. The molecule has 2 unspecified atom stereocenters. The molecule has 0 bridgehead atoms. The van der Waals surface area contributed by atoms with E-state index in [0.29, 0.717) is 6.10 Å². The molecule has 20 heavy (non-hydrogen) atoms. The van der Waals surface area contributed by atoms with Crippen LogP contribution >= 0.6 is 0 Å². The molecule has 0 amide bonds. The van der Waals surface area contributed by atoms with Gasteiger partial charge in [-0.25, -0.2) is 0 Å². The van der Waals surface area contributed by atoms with Gasteiger partial charge < -0.3 is 10.1 Å². The largest absolute Gasteiger partial charge is 0.377 e. The van der Waals surface area contributed by atoms with Crippen LogP contribution < -0.4 is 5.32 Å². The van der Waals surface area contributed by atoms with Crippen LogP contribution in [-0.4, -0.2) is 19.8 Å². The number of ether oxygens (including phenoxy) is 1. The van der Waals surface area contributed by atoms with Crippen molar-refractivity contribution < 1.29 is 4.74 Å². The predicted molar refractivity (Wildman–Crippen MR) is 87.3 cm³/mol. The van der Waals surface area contributed by atoms with E-state index in [1.165, 1.54) is 17.5 Å². The molecule has 2 heteroatoms. The number of benzene rings is 1. The minimum atomic E-state index is 0.208. The summed E-state index contributed by atoms with van der Waals surface area (Å²) in [5.41, 5.74) is 2.88. The zero-order valence-electron chi connectivity index (χ0n) is 14.0. The second-order valence-corrected chi connectivity index (χ2v) is 6.65. The van der Waals surface area contributed by atoms with Gasteiger partial charge in [0.2, 0.25) is 0 Å². The summed E-state index contributed by atoms with van der Waals surface area (Å²) in [4.78, 5) is 0. The van der Waals surface area contributed by atoms with Crippen molar-refractivity contribution >= 4 is 0 Å². The number of hydrogen-bond donors (Lipinski definition) is 1. The van der Waals surface area contributed by atoms with E-state index in [1.807, 2.05) is 7.05 Å². The zero-order chi connectivity index (χ0) is 15.2. The van der Waals surface area contributed by atoms with Crippen molar-refractivity contribution in [2.24, 2.45) is 0 Å². The average Bonchev–Trinajstić information content (AvgIpc) is 2.39. The van der Waals surface area contributed by atoms with Crippen molar-refractivity contribution in [2.45, 2.75) is 65.0 Å². The lowest BCUT2D eigenvalue weighted by molar-refractivity contribution is 0.0453. The van der Waals surface area contributed by atoms with E-state index in [9.17, 15) is 0 Å². The Kier molecular flexibility index (Phi) is 6.70. The van der Waals surface area contributed by atoms with E-state index < -0.39 is 0 Å². The molecule has 1 rings (SSSR count). The SMILES string of the molecule is CCCC(C)OCC(NC)c1ccc(C(C)(C)C)cc1. The third-order valence-electron chi connectivity index (χ3n) is 3.77. The van der Waals surface area contributed by atoms with Crippen molar-refractivity contribution in [2.75, 3.05) is 13.7 Å². The Morgan fingerprint density at radius 1 is 1.15 bits per heavy atom. The van der Waals surface area contributed by atoms with Crippen molar-refractivity contribution in [3.63, 3.8) is 0 Å². The summed E-state index contributed by atoms with van der Waals surface area (Å²) in [5.74, 6) is 0. The van der Waals surface area contributed by atoms with Crippen LogP contribution in [0.15, 0.2) is 24.3 Å². The van der Waals surface area contributed by atoms with Gasteiger partial charge in [-0.05, 0) is 36.9 Å². The summed E-state index contributed by atoms with van der Waals surface area (Å²) < 4.78 is 5.92. The highest BCUT2D eigenvalue weighted by Gasteiger charge is 2.15. The van der Waals surface area contributed by atoms with E-state index in [-0.39, 0.29) is 11.5 Å². The van der Waals surface area contributed by atoms with Crippen LogP contribution in [-0.2, 0) is 10.2 Å². The summed E-state index contributed by atoms with van der Waals surface area (Å²) in [6, 6.07) is 9.17. The fraction of sp³-hybridized carbons (Fsp3) is 0.667. The van der Waals surface area contributed by atoms with Crippen LogP contribution in [0.5, 0.6) is 0 Å². The monoisotopic (exact) mass is 277 g/mol. The fourth-order valence-electron chi connectivity index (χ4n) is 2.31. The van der Waals surface area contributed by atoms with Crippen molar-refractivity contribution in [3.8, 4) is 0 Å². The lowest BCUT2D eigenvalue weighted by Crippen LogP contribution is -2.24. The number of nitrogens with one attached hydrogen (secondary N) is 1. The van der Waals surface area contributed by atoms with Crippen LogP contribution in [0.3, 0.4) is 0 Å². The molecule has 1 N–H and O–H groups in total. The van der Waals surface area contributed by atoms with Gasteiger partial charge in [0, 0.05) is 0 Å². The Morgan fingerprint density at radius 2 is 1.75 bits per heavy atom. The Balaban J connectivity index is 2.66. The molecule has 2 atom stereocenters. The quantitative estimate of drug-likeness (QED) is 0.795. The highest BCUT2D eigenvalue weighted by Crippen LogP contribution is 2.24. The maximum atomic E-state index is 5.92. The summed E-state index contributed by atoms with van der Waals surface area (Å²) in [6.07, 6.45) is 2.63. The summed E-state index contributed by atoms with van der Waals surface area (Å²) in [5, 5.41) is 3.35. The molecule has 0 aliphatic heterocycles. The lowest BCUT2D eigenvalue weighted by atomic mass is 9.86. The van der Waals surface area contributed by atoms with Gasteiger partial charge in [0.1, 0.15) is 0 Å². The van der Waals surface area contributed by atoms with Crippen LogP contribution in [0.4, 0.5) is 0 Å². The van der Waals surface area contributed by atoms with Gasteiger partial charge in [-0.3, -0.25) is 0 Å². The van der Waals surface area contributed by atoms with Crippen LogP contribution in [0.2, 0.25) is 0 Å². The maximum absolute atomic E-state index is 5.92. The molecule has 2 nitrogen and oxygen atoms in total. The molecule has 0 saturated carbocycles. The first kappa shape index (κ1) is 17.2. The van der Waals surface area contributed by atoms with Gasteiger partial charge in [0.05, 0.1) is 18.8 Å². The van der Waals surface area contributed by atoms with E-state index in [0.717, 1.165) is 13.0 Å². The lowest BCUT2D eigenvalue weighted by Gasteiger charge is -2.22. The molecule has 0 saturated heterocycles. The van der Waals surface area contributed by atoms with Crippen LogP contribution in [0.25, 0.3) is 0 Å². The molecule has 0 spiro atoms. The van der Waals surface area contributed by atoms with E-state index in [1.54, 1.807) is 0 Å². The first-order valence-corrected chi connectivity index (χ1v) is 7.77. The standard InChI is InChI=1S/C18H31NO/c1-7-8-14(2)20-13-17(19-6)15-9-11-16(12-10-15)18(3,4)5/h9-12,14,17,19H,7-8,13H2,1-6H3. The molecule has 0 aliphatic rings. The summed E-state index contributed by atoms with van der Waals surface area (Å²) in [6.45, 7) is 11.8. The molecule has 114 valence electrons. The van der Waals surface area contributed by atoms with Gasteiger partial charge >= 0.3 is 0 Å². The van der Waals surface area contributed by atoms with Gasteiger partial charge in [-0.1, -0.05) is 58.4 Å². The molecule has 0 aliphatic carbocycles. The third-order valence-corrected chi connectivity index (χ3v) is 3.77. The minimum Gasteiger partial charge on any atom is -0.377 e. The van der Waals surface area contributed by atoms with Crippen molar-refractivity contribution in [1.82, 2.24) is 5.32 Å². The van der Waals surface area contributed by atoms with E-state index in [2.05, 4.69) is 64.2 Å². The molecule has 1 aromatic rings. The number of rotatable bonds is 7. The van der Waals surface area contributed by atoms with Crippen LogP contribution in [0, 0.1) is 0 Å². The molecule has 0 aromatic heterocycles. The Hall–Kier alpha value is -0.860. The maximum Gasteiger partial charge on any atom is 0.0665 e. The average molecular weight is 277 g/mol. The topological polar surface area (TPSA) is 21.3 Å². The summed E-state index contributed by atoms with van der Waals surface area (Å²) >= 11 is 0. The Labute approximate surface area is 124 Å². The van der Waals surface area contributed by atoms with Crippen LogP contribution in [0.1, 0.15) is 64.6 Å². The van der Waals surface area contributed by atoms with Gasteiger partial charge in [-0.2, -0.15) is 0 Å². The third kappa shape index (κ3) is 5.26. The van der Waals surface area contributed by atoms with Crippen molar-refractivity contribution in [3.05, 3.63) is 35.4 Å². The normalized spacial score (nSPS) is 15.1. The first-order valence-electron chi connectivity index (χ1n) is 7.77. The van der Waals surface area contributed by atoms with Gasteiger partial charge in [0.25, 0.3) is 0 Å². The fourth-order valence-corrected chi connectivity index (χ4v) is 2.31. The first-order chi connectivity index (χ1) is 9.38. The van der Waals surface area contributed by atoms with Gasteiger partial charge in [-0.15, -0.1) is 0 Å². The molecular weight excluding hydrogens is 246 g/mol. The molecule has 0 heterocycles. The van der Waals surface area contributed by atoms with E-state index in [4.69, 9.17) is 4.74 Å². The summed E-state index contributed by atoms with van der Waals surface area (Å²) in [7, 11) is 2.00. The molecule has 0 radical (unpaired) electrons. The highest BCUT2D eigenvalue weighted by atomic mass is 16.5. The number of likely N-dealkylation sites (N-methyl/N-ethyl adjacent to an activating group) is 1. The Bertz CT molecular complexity index is 377. The highest BCUT2D eigenvalue weighted by molar-refractivity contribution is 5.29. The molecule has 1 aromatic carbocycles. The Morgan fingerprint density at radius 3 is 2.20 bits per heavy atom. The second-order valence-electron chi connectivity index (χ2n) is 6.65. The van der Waals surface area contributed by atoms with Crippen molar-refractivity contribution in [1.29, 1.82) is 0 Å². The predicted octanol–water partition coefficient (Wildman–Crippen LogP) is 4.45. The van der Waals surface area contributed by atoms with Gasteiger partial charge in [0.15, 0.2) is 0 Å².